The van der Waals surface area contributed by atoms with Crippen LogP contribution in [0.3, 0.4) is 0 Å². The van der Waals surface area contributed by atoms with Gasteiger partial charge in [-0.05, 0) is 12.0 Å². The van der Waals surface area contributed by atoms with Gasteiger partial charge in [0, 0.05) is 5.92 Å². The molecule has 1 heteroatoms. The molecule has 0 radical (unpaired) electrons. The van der Waals surface area contributed by atoms with Gasteiger partial charge in [0.25, 0.3) is 0 Å². The molecule has 64 valence electrons. The zero-order valence-corrected chi connectivity index (χ0v) is 7.40. The predicted molar refractivity (Wildman–Crippen MR) is 52.0 cm³/mol. The van der Waals surface area contributed by atoms with Gasteiger partial charge >= 0.3 is 0 Å². The predicted octanol–water partition coefficient (Wildman–Crippen LogP) is 2.65. The van der Waals surface area contributed by atoms with Crippen LogP contribution in [0.5, 0.6) is 0 Å². The van der Waals surface area contributed by atoms with E-state index >= 15 is 0 Å². The first-order valence-corrected chi connectivity index (χ1v) is 4.43. The third kappa shape index (κ3) is 1.07. The molecule has 0 aromatic heterocycles. The first-order valence-electron chi connectivity index (χ1n) is 4.43. The zero-order valence-electron chi connectivity index (χ0n) is 7.40. The summed E-state index contributed by atoms with van der Waals surface area (Å²) in [6, 6.07) is 12.4. The van der Waals surface area contributed by atoms with E-state index in [0.717, 1.165) is 12.0 Å². The van der Waals surface area contributed by atoms with Crippen molar-refractivity contribution in [2.75, 3.05) is 0 Å². The summed E-state index contributed by atoms with van der Waals surface area (Å²) >= 11 is 0. The van der Waals surface area contributed by atoms with Crippen LogP contribution in [0, 0.1) is 17.2 Å². The lowest BCUT2D eigenvalue weighted by Crippen LogP contribution is -2.05. The molecular formula is C12H11N. The molecule has 0 spiro atoms. The third-order valence-electron chi connectivity index (χ3n) is 2.79. The van der Waals surface area contributed by atoms with E-state index in [0.29, 0.717) is 5.92 Å². The van der Waals surface area contributed by atoms with Gasteiger partial charge < -0.3 is 0 Å². The highest BCUT2D eigenvalue weighted by molar-refractivity contribution is 5.43. The second-order valence-electron chi connectivity index (χ2n) is 3.50. The van der Waals surface area contributed by atoms with Gasteiger partial charge in [-0.1, -0.05) is 36.4 Å². The van der Waals surface area contributed by atoms with Crippen LogP contribution in [0.1, 0.15) is 12.0 Å². The van der Waals surface area contributed by atoms with Gasteiger partial charge in [0.2, 0.25) is 0 Å². The first-order chi connectivity index (χ1) is 6.33. The Labute approximate surface area is 78.3 Å². The van der Waals surface area contributed by atoms with Gasteiger partial charge in [-0.15, -0.1) is 6.58 Å². The standard InChI is InChI=1S/C12H11N/c1-2-10-8-12(10,9-13)11-6-4-3-5-7-11/h2-7,10H,1,8H2. The third-order valence-corrected chi connectivity index (χ3v) is 2.79. The molecule has 2 rings (SSSR count). The SMILES string of the molecule is C=CC1CC1(C#N)c1ccccc1. The van der Waals surface area contributed by atoms with E-state index in [1.807, 2.05) is 36.4 Å². The van der Waals surface area contributed by atoms with Crippen LogP contribution in [0.15, 0.2) is 43.0 Å². The number of allylic oxidation sites excluding steroid dienone is 1. The summed E-state index contributed by atoms with van der Waals surface area (Å²) in [5.74, 6) is 0.347. The fourth-order valence-electron chi connectivity index (χ4n) is 1.83. The maximum Gasteiger partial charge on any atom is 0.0891 e. The lowest BCUT2D eigenvalue weighted by molar-refractivity contribution is 0.843. The molecule has 13 heavy (non-hydrogen) atoms. The largest absolute Gasteiger partial charge is 0.197 e. The average molecular weight is 169 g/mol. The molecule has 1 aromatic rings. The summed E-state index contributed by atoms with van der Waals surface area (Å²) in [5.41, 5.74) is 0.866. The van der Waals surface area contributed by atoms with E-state index in [2.05, 4.69) is 12.6 Å². The van der Waals surface area contributed by atoms with Crippen LogP contribution in [0.2, 0.25) is 0 Å². The Morgan fingerprint density at radius 1 is 1.46 bits per heavy atom. The van der Waals surface area contributed by atoms with Gasteiger partial charge in [-0.25, -0.2) is 0 Å². The minimum absolute atomic E-state index is 0.261. The molecule has 1 fully saturated rings. The van der Waals surface area contributed by atoms with Crippen molar-refractivity contribution in [2.24, 2.45) is 5.92 Å². The van der Waals surface area contributed by atoms with Crippen molar-refractivity contribution in [3.8, 4) is 6.07 Å². The minimum atomic E-state index is -0.261. The Morgan fingerprint density at radius 2 is 2.15 bits per heavy atom. The van der Waals surface area contributed by atoms with Crippen LogP contribution in [0.4, 0.5) is 0 Å². The van der Waals surface area contributed by atoms with E-state index in [1.54, 1.807) is 0 Å². The van der Waals surface area contributed by atoms with Crippen LogP contribution < -0.4 is 0 Å². The summed E-state index contributed by atoms with van der Waals surface area (Å²) in [4.78, 5) is 0. The Kier molecular flexibility index (Phi) is 1.70. The highest BCUT2D eigenvalue weighted by Crippen LogP contribution is 2.54. The van der Waals surface area contributed by atoms with Crippen molar-refractivity contribution in [1.29, 1.82) is 5.26 Å². The summed E-state index contributed by atoms with van der Waals surface area (Å²) in [6.45, 7) is 3.74. The van der Waals surface area contributed by atoms with Crippen molar-refractivity contribution < 1.29 is 0 Å². The number of nitriles is 1. The second kappa shape index (κ2) is 2.74. The normalized spacial score (nSPS) is 30.5. The molecule has 1 nitrogen and oxygen atoms in total. The molecule has 1 aliphatic carbocycles. The number of benzene rings is 1. The Morgan fingerprint density at radius 3 is 2.62 bits per heavy atom. The van der Waals surface area contributed by atoms with Gasteiger partial charge in [0.05, 0.1) is 11.5 Å². The van der Waals surface area contributed by atoms with Crippen molar-refractivity contribution in [2.45, 2.75) is 11.8 Å². The smallest absolute Gasteiger partial charge is 0.0891 e. The van der Waals surface area contributed by atoms with Crippen molar-refractivity contribution in [3.05, 3.63) is 48.6 Å². The molecule has 0 aliphatic heterocycles. The number of nitrogens with zero attached hydrogens (tertiary/aromatic N) is 1. The molecular weight excluding hydrogens is 158 g/mol. The van der Waals surface area contributed by atoms with Crippen LogP contribution in [-0.2, 0) is 5.41 Å². The molecule has 1 aromatic carbocycles. The van der Waals surface area contributed by atoms with Gasteiger partial charge in [0.1, 0.15) is 0 Å². The summed E-state index contributed by atoms with van der Waals surface area (Å²) < 4.78 is 0. The van der Waals surface area contributed by atoms with E-state index in [1.165, 1.54) is 0 Å². The fraction of sp³-hybridized carbons (Fsp3) is 0.250. The van der Waals surface area contributed by atoms with Gasteiger partial charge in [-0.3, -0.25) is 0 Å². The number of hydrogen-bond donors (Lipinski definition) is 0. The molecule has 2 unspecified atom stereocenters. The molecule has 0 N–H and O–H groups in total. The second-order valence-corrected chi connectivity index (χ2v) is 3.50. The topological polar surface area (TPSA) is 23.8 Å². The zero-order chi connectivity index (χ0) is 9.31. The Hall–Kier alpha value is -1.55. The monoisotopic (exact) mass is 169 g/mol. The highest BCUT2D eigenvalue weighted by atomic mass is 14.6. The maximum absolute atomic E-state index is 9.11. The van der Waals surface area contributed by atoms with Gasteiger partial charge in [0.15, 0.2) is 0 Å². The molecule has 2 atom stereocenters. The molecule has 0 bridgehead atoms. The summed E-state index contributed by atoms with van der Waals surface area (Å²) in [7, 11) is 0. The van der Waals surface area contributed by atoms with E-state index in [4.69, 9.17) is 5.26 Å². The summed E-state index contributed by atoms with van der Waals surface area (Å²) in [6.07, 6.45) is 2.81. The minimum Gasteiger partial charge on any atom is -0.197 e. The van der Waals surface area contributed by atoms with E-state index in [9.17, 15) is 0 Å². The molecule has 1 aliphatic rings. The van der Waals surface area contributed by atoms with Crippen LogP contribution in [-0.4, -0.2) is 0 Å². The fourth-order valence-corrected chi connectivity index (χ4v) is 1.83. The molecule has 1 saturated carbocycles. The quantitative estimate of drug-likeness (QED) is 0.624. The first kappa shape index (κ1) is 8.07. The Balaban J connectivity index is 2.37. The highest BCUT2D eigenvalue weighted by Gasteiger charge is 2.54. The Bertz CT molecular complexity index is 360. The molecule has 0 heterocycles. The lowest BCUT2D eigenvalue weighted by Gasteiger charge is -2.06. The number of hydrogen-bond acceptors (Lipinski definition) is 1. The van der Waals surface area contributed by atoms with E-state index in [-0.39, 0.29) is 5.41 Å². The lowest BCUT2D eigenvalue weighted by atomic mass is 9.95. The molecule has 0 saturated heterocycles. The average Bonchev–Trinajstić information content (AvgIpc) is 2.94. The van der Waals surface area contributed by atoms with Crippen molar-refractivity contribution in [1.82, 2.24) is 0 Å². The molecule has 0 amide bonds. The van der Waals surface area contributed by atoms with Crippen LogP contribution in [0.25, 0.3) is 0 Å². The van der Waals surface area contributed by atoms with Crippen molar-refractivity contribution >= 4 is 0 Å². The van der Waals surface area contributed by atoms with Crippen LogP contribution >= 0.6 is 0 Å². The van der Waals surface area contributed by atoms with Gasteiger partial charge in [-0.2, -0.15) is 5.26 Å². The summed E-state index contributed by atoms with van der Waals surface area (Å²) in [5, 5.41) is 9.11. The van der Waals surface area contributed by atoms with Crippen molar-refractivity contribution in [3.63, 3.8) is 0 Å². The van der Waals surface area contributed by atoms with E-state index < -0.39 is 0 Å². The maximum atomic E-state index is 9.11. The number of rotatable bonds is 2.